The molecule has 0 saturated carbocycles. The number of thiazole rings is 1. The third-order valence-electron chi connectivity index (χ3n) is 4.40. The smallest absolute Gasteiger partial charge is 0.252 e. The maximum atomic E-state index is 13.4. The normalized spacial score (nSPS) is 11.2. The first-order valence-corrected chi connectivity index (χ1v) is 9.94. The predicted octanol–water partition coefficient (Wildman–Crippen LogP) is 3.42. The maximum Gasteiger partial charge on any atom is 0.252 e. The number of anilines is 1. The molecule has 0 fully saturated rings. The lowest BCUT2D eigenvalue weighted by atomic mass is 10.2. The molecule has 4 rings (SSSR count). The standard InChI is InChI=1S/C20H19FN6OS/c1-12-8-13(2)27-20(22-12)24-18(25-27)9-19(28)26(10-16-11-29-14(3)23-16)17-6-4-15(21)5-7-17/h4-8,11H,9-10H2,1-3H3. The van der Waals surface area contributed by atoms with Crippen LogP contribution in [-0.2, 0) is 17.8 Å². The number of hydrogen-bond donors (Lipinski definition) is 0. The summed E-state index contributed by atoms with van der Waals surface area (Å²) in [6.45, 7) is 6.00. The molecule has 1 aromatic carbocycles. The van der Waals surface area contributed by atoms with Crippen LogP contribution in [-0.4, -0.2) is 30.5 Å². The topological polar surface area (TPSA) is 76.3 Å². The lowest BCUT2D eigenvalue weighted by Gasteiger charge is -2.21. The summed E-state index contributed by atoms with van der Waals surface area (Å²) in [4.78, 5) is 27.9. The highest BCUT2D eigenvalue weighted by atomic mass is 32.1. The molecule has 4 aromatic rings. The van der Waals surface area contributed by atoms with Crippen molar-refractivity contribution >= 4 is 28.7 Å². The number of rotatable bonds is 5. The number of fused-ring (bicyclic) bond motifs is 1. The van der Waals surface area contributed by atoms with Gasteiger partial charge in [-0.15, -0.1) is 16.4 Å². The molecule has 7 nitrogen and oxygen atoms in total. The Morgan fingerprint density at radius 2 is 1.90 bits per heavy atom. The molecule has 0 radical (unpaired) electrons. The molecule has 9 heteroatoms. The van der Waals surface area contributed by atoms with Gasteiger partial charge in [0.1, 0.15) is 5.82 Å². The molecule has 148 valence electrons. The molecule has 0 aliphatic carbocycles. The SMILES string of the molecule is Cc1cc(C)n2nc(CC(=O)N(Cc3csc(C)n3)c3ccc(F)cc3)nc2n1. The average Bonchev–Trinajstić information content (AvgIpc) is 3.26. The lowest BCUT2D eigenvalue weighted by molar-refractivity contribution is -0.118. The van der Waals surface area contributed by atoms with Crippen LogP contribution >= 0.6 is 11.3 Å². The number of benzene rings is 1. The van der Waals surface area contributed by atoms with Gasteiger partial charge in [-0.1, -0.05) is 0 Å². The van der Waals surface area contributed by atoms with Crippen molar-refractivity contribution in [1.82, 2.24) is 24.6 Å². The Morgan fingerprint density at radius 1 is 1.14 bits per heavy atom. The minimum Gasteiger partial charge on any atom is -0.306 e. The van der Waals surface area contributed by atoms with E-state index in [1.54, 1.807) is 21.5 Å². The van der Waals surface area contributed by atoms with E-state index in [1.807, 2.05) is 32.2 Å². The van der Waals surface area contributed by atoms with Crippen molar-refractivity contribution in [2.75, 3.05) is 4.90 Å². The highest BCUT2D eigenvalue weighted by molar-refractivity contribution is 7.09. The molecule has 0 spiro atoms. The number of hydrogen-bond acceptors (Lipinski definition) is 6. The number of carbonyl (C=O) groups is 1. The van der Waals surface area contributed by atoms with E-state index in [4.69, 9.17) is 0 Å². The number of carbonyl (C=O) groups excluding carboxylic acids is 1. The van der Waals surface area contributed by atoms with Gasteiger partial charge in [0.25, 0.3) is 5.78 Å². The van der Waals surface area contributed by atoms with Crippen molar-refractivity contribution in [3.8, 4) is 0 Å². The monoisotopic (exact) mass is 410 g/mol. The minimum atomic E-state index is -0.357. The van der Waals surface area contributed by atoms with E-state index in [-0.39, 0.29) is 18.1 Å². The van der Waals surface area contributed by atoms with Crippen LogP contribution < -0.4 is 4.90 Å². The second-order valence-electron chi connectivity index (χ2n) is 6.77. The fourth-order valence-electron chi connectivity index (χ4n) is 3.10. The van der Waals surface area contributed by atoms with Crippen molar-refractivity contribution in [2.45, 2.75) is 33.7 Å². The van der Waals surface area contributed by atoms with Gasteiger partial charge in [0, 0.05) is 22.5 Å². The van der Waals surface area contributed by atoms with Crippen LogP contribution in [0.3, 0.4) is 0 Å². The molecule has 0 aliphatic heterocycles. The van der Waals surface area contributed by atoms with Crippen molar-refractivity contribution in [3.63, 3.8) is 0 Å². The van der Waals surface area contributed by atoms with E-state index in [2.05, 4.69) is 20.1 Å². The van der Waals surface area contributed by atoms with Gasteiger partial charge < -0.3 is 4.90 Å². The Labute approximate surface area is 170 Å². The molecule has 0 unspecified atom stereocenters. The summed E-state index contributed by atoms with van der Waals surface area (Å²) in [6, 6.07) is 7.74. The highest BCUT2D eigenvalue weighted by Crippen LogP contribution is 2.20. The quantitative estimate of drug-likeness (QED) is 0.504. The lowest BCUT2D eigenvalue weighted by Crippen LogP contribution is -2.32. The van der Waals surface area contributed by atoms with Gasteiger partial charge in [-0.05, 0) is 51.1 Å². The van der Waals surface area contributed by atoms with Crippen molar-refractivity contribution in [1.29, 1.82) is 0 Å². The summed E-state index contributed by atoms with van der Waals surface area (Å²) >= 11 is 1.52. The molecular formula is C20H19FN6OS. The zero-order valence-electron chi connectivity index (χ0n) is 16.3. The van der Waals surface area contributed by atoms with Gasteiger partial charge in [0.05, 0.1) is 23.7 Å². The Bertz CT molecular complexity index is 1180. The first-order valence-electron chi connectivity index (χ1n) is 9.06. The van der Waals surface area contributed by atoms with Crippen molar-refractivity contribution in [3.05, 3.63) is 69.4 Å². The van der Waals surface area contributed by atoms with Gasteiger partial charge in [-0.25, -0.2) is 18.9 Å². The minimum absolute atomic E-state index is 0.00232. The predicted molar refractivity (Wildman–Crippen MR) is 108 cm³/mol. The van der Waals surface area contributed by atoms with Crippen LogP contribution in [0.5, 0.6) is 0 Å². The summed E-state index contributed by atoms with van der Waals surface area (Å²) in [5.41, 5.74) is 3.11. The van der Waals surface area contributed by atoms with E-state index in [0.29, 0.717) is 23.8 Å². The molecule has 0 atom stereocenters. The third kappa shape index (κ3) is 4.14. The van der Waals surface area contributed by atoms with Gasteiger partial charge in [0.15, 0.2) is 5.82 Å². The van der Waals surface area contributed by atoms with Gasteiger partial charge >= 0.3 is 0 Å². The highest BCUT2D eigenvalue weighted by Gasteiger charge is 2.21. The molecule has 29 heavy (non-hydrogen) atoms. The van der Waals surface area contributed by atoms with Crippen LogP contribution in [0.15, 0.2) is 35.7 Å². The number of amides is 1. The van der Waals surface area contributed by atoms with Crippen LogP contribution in [0.2, 0.25) is 0 Å². The molecule has 3 aromatic heterocycles. The first kappa shape index (κ1) is 19.1. The van der Waals surface area contributed by atoms with E-state index >= 15 is 0 Å². The van der Waals surface area contributed by atoms with Crippen LogP contribution in [0.4, 0.5) is 10.1 Å². The fourth-order valence-corrected chi connectivity index (χ4v) is 3.70. The number of nitrogens with zero attached hydrogens (tertiary/aromatic N) is 6. The molecule has 0 bridgehead atoms. The summed E-state index contributed by atoms with van der Waals surface area (Å²) in [5.74, 6) is 0.295. The summed E-state index contributed by atoms with van der Waals surface area (Å²) in [6.07, 6.45) is 0.00232. The summed E-state index contributed by atoms with van der Waals surface area (Å²) in [5, 5.41) is 7.25. The second-order valence-corrected chi connectivity index (χ2v) is 7.83. The molecular weight excluding hydrogens is 391 g/mol. The zero-order valence-corrected chi connectivity index (χ0v) is 17.1. The average molecular weight is 410 g/mol. The van der Waals surface area contributed by atoms with E-state index in [9.17, 15) is 9.18 Å². The van der Waals surface area contributed by atoms with E-state index < -0.39 is 0 Å². The first-order chi connectivity index (χ1) is 13.9. The van der Waals surface area contributed by atoms with Crippen molar-refractivity contribution < 1.29 is 9.18 Å². The molecule has 0 aliphatic rings. The summed E-state index contributed by atoms with van der Waals surface area (Å²) in [7, 11) is 0. The van der Waals surface area contributed by atoms with E-state index in [1.165, 1.54) is 23.5 Å². The van der Waals surface area contributed by atoms with E-state index in [0.717, 1.165) is 22.1 Å². The van der Waals surface area contributed by atoms with Gasteiger partial charge in [0.2, 0.25) is 5.91 Å². The Morgan fingerprint density at radius 3 is 2.59 bits per heavy atom. The van der Waals surface area contributed by atoms with Crippen LogP contribution in [0.25, 0.3) is 5.78 Å². The number of aryl methyl sites for hydroxylation is 3. The Balaban J connectivity index is 1.63. The third-order valence-corrected chi connectivity index (χ3v) is 5.22. The van der Waals surface area contributed by atoms with Gasteiger partial charge in [-0.2, -0.15) is 4.98 Å². The molecule has 1 amide bonds. The number of halogens is 1. The molecule has 0 N–H and O–H groups in total. The van der Waals surface area contributed by atoms with Crippen molar-refractivity contribution in [2.24, 2.45) is 0 Å². The van der Waals surface area contributed by atoms with Crippen LogP contribution in [0, 0.1) is 26.6 Å². The fraction of sp³-hybridized carbons (Fsp3) is 0.250. The van der Waals surface area contributed by atoms with Crippen LogP contribution in [0.1, 0.15) is 27.9 Å². The van der Waals surface area contributed by atoms with Gasteiger partial charge in [-0.3, -0.25) is 4.79 Å². The number of aromatic nitrogens is 5. The zero-order chi connectivity index (χ0) is 20.5. The molecule has 0 saturated heterocycles. The molecule has 3 heterocycles. The maximum absolute atomic E-state index is 13.4. The largest absolute Gasteiger partial charge is 0.306 e. The Hall–Kier alpha value is -3.20. The summed E-state index contributed by atoms with van der Waals surface area (Å²) < 4.78 is 15.0. The second kappa shape index (κ2) is 7.67. The Kier molecular flexibility index (Phi) is 5.06.